The van der Waals surface area contributed by atoms with E-state index in [0.29, 0.717) is 19.0 Å². The van der Waals surface area contributed by atoms with Crippen molar-refractivity contribution in [1.29, 1.82) is 0 Å². The normalized spacial score (nSPS) is 20.9. The molecule has 0 spiro atoms. The summed E-state index contributed by atoms with van der Waals surface area (Å²) < 4.78 is 39.9. The average molecular weight is 351 g/mol. The van der Waals surface area contributed by atoms with Gasteiger partial charge in [0.15, 0.2) is 0 Å². The van der Waals surface area contributed by atoms with Crippen LogP contribution in [-0.4, -0.2) is 39.4 Å². The first-order valence-electron chi connectivity index (χ1n) is 6.05. The number of halogens is 2. The lowest BCUT2D eigenvalue weighted by Gasteiger charge is -2.16. The van der Waals surface area contributed by atoms with Gasteiger partial charge >= 0.3 is 0 Å². The van der Waals surface area contributed by atoms with Gasteiger partial charge in [-0.2, -0.15) is 4.31 Å². The van der Waals surface area contributed by atoms with E-state index in [9.17, 15) is 12.8 Å². The number of hydrogen-bond acceptors (Lipinski definition) is 3. The van der Waals surface area contributed by atoms with Crippen molar-refractivity contribution in [3.8, 4) is 0 Å². The summed E-state index contributed by atoms with van der Waals surface area (Å²) in [6.45, 7) is 1.77. The Morgan fingerprint density at radius 3 is 2.89 bits per heavy atom. The van der Waals surface area contributed by atoms with Crippen LogP contribution in [0.4, 0.5) is 4.39 Å². The average Bonchev–Trinajstić information content (AvgIpc) is 2.82. The molecular weight excluding hydrogens is 335 g/mol. The molecule has 0 bridgehead atoms. The van der Waals surface area contributed by atoms with Gasteiger partial charge in [0.2, 0.25) is 10.0 Å². The van der Waals surface area contributed by atoms with Gasteiger partial charge in [-0.25, -0.2) is 12.8 Å². The molecule has 1 atom stereocenters. The van der Waals surface area contributed by atoms with Gasteiger partial charge in [-0.1, -0.05) is 0 Å². The molecule has 1 heterocycles. The van der Waals surface area contributed by atoms with Crippen molar-refractivity contribution < 1.29 is 12.8 Å². The van der Waals surface area contributed by atoms with Crippen LogP contribution in [0.2, 0.25) is 0 Å². The van der Waals surface area contributed by atoms with E-state index in [2.05, 4.69) is 21.2 Å². The van der Waals surface area contributed by atoms with Crippen LogP contribution in [0.15, 0.2) is 27.6 Å². The number of nitrogens with one attached hydrogen (secondary N) is 1. The van der Waals surface area contributed by atoms with Crippen molar-refractivity contribution in [1.82, 2.24) is 9.62 Å². The third kappa shape index (κ3) is 3.16. The van der Waals surface area contributed by atoms with Gasteiger partial charge in [-0.15, -0.1) is 0 Å². The molecule has 1 saturated heterocycles. The first-order valence-corrected chi connectivity index (χ1v) is 8.28. The van der Waals surface area contributed by atoms with Crippen LogP contribution in [0, 0.1) is 11.7 Å². The highest BCUT2D eigenvalue weighted by molar-refractivity contribution is 9.10. The molecule has 1 aromatic rings. The van der Waals surface area contributed by atoms with E-state index >= 15 is 0 Å². The molecule has 1 aliphatic rings. The summed E-state index contributed by atoms with van der Waals surface area (Å²) in [5, 5.41) is 3.05. The van der Waals surface area contributed by atoms with Gasteiger partial charge in [-0.05, 0) is 60.1 Å². The molecule has 1 N–H and O–H groups in total. The summed E-state index contributed by atoms with van der Waals surface area (Å²) >= 11 is 3.02. The fourth-order valence-electron chi connectivity index (χ4n) is 2.26. The minimum Gasteiger partial charge on any atom is -0.319 e. The quantitative estimate of drug-likeness (QED) is 0.900. The fraction of sp³-hybridized carbons (Fsp3) is 0.500. The molecule has 0 radical (unpaired) electrons. The van der Waals surface area contributed by atoms with Gasteiger partial charge in [0.25, 0.3) is 0 Å². The largest absolute Gasteiger partial charge is 0.319 e. The lowest BCUT2D eigenvalue weighted by atomic mass is 10.1. The lowest BCUT2D eigenvalue weighted by Crippen LogP contribution is -2.30. The Bertz CT molecular complexity index is 565. The Hall–Kier alpha value is -0.500. The summed E-state index contributed by atoms with van der Waals surface area (Å²) in [5.74, 6) is -0.243. The van der Waals surface area contributed by atoms with Crippen LogP contribution >= 0.6 is 15.9 Å². The highest BCUT2D eigenvalue weighted by Crippen LogP contribution is 2.26. The molecule has 0 aliphatic carbocycles. The molecule has 0 amide bonds. The molecule has 0 aromatic heterocycles. The second-order valence-corrected chi connectivity index (χ2v) is 7.44. The zero-order chi connectivity index (χ0) is 14.0. The molecule has 4 nitrogen and oxygen atoms in total. The predicted molar refractivity (Wildman–Crippen MR) is 74.9 cm³/mol. The molecule has 1 unspecified atom stereocenters. The molecule has 2 rings (SSSR count). The van der Waals surface area contributed by atoms with Crippen molar-refractivity contribution in [3.63, 3.8) is 0 Å². The summed E-state index contributed by atoms with van der Waals surface area (Å²) in [6, 6.07) is 3.90. The SMILES string of the molecule is CNCC1CCN(S(=O)(=O)c2ccc(Br)c(F)c2)C1. The van der Waals surface area contributed by atoms with Crippen molar-refractivity contribution in [3.05, 3.63) is 28.5 Å². The minimum absolute atomic E-state index is 0.0123. The van der Waals surface area contributed by atoms with E-state index in [1.165, 1.54) is 16.4 Å². The second-order valence-electron chi connectivity index (χ2n) is 4.65. The third-order valence-corrected chi connectivity index (χ3v) is 5.77. The standard InChI is InChI=1S/C12H16BrFN2O2S/c1-15-7-9-4-5-16(8-9)19(17,18)10-2-3-11(13)12(14)6-10/h2-3,6,9,15H,4-5,7-8H2,1H3. The Balaban J connectivity index is 2.21. The van der Waals surface area contributed by atoms with Crippen LogP contribution in [0.25, 0.3) is 0 Å². The number of rotatable bonds is 4. The van der Waals surface area contributed by atoms with E-state index in [4.69, 9.17) is 0 Å². The monoisotopic (exact) mass is 350 g/mol. The van der Waals surface area contributed by atoms with Gasteiger partial charge in [0, 0.05) is 13.1 Å². The van der Waals surface area contributed by atoms with E-state index in [1.54, 1.807) is 0 Å². The van der Waals surface area contributed by atoms with Gasteiger partial charge < -0.3 is 5.32 Å². The first-order chi connectivity index (χ1) is 8.95. The highest BCUT2D eigenvalue weighted by Gasteiger charge is 2.32. The minimum atomic E-state index is -3.58. The summed E-state index contributed by atoms with van der Waals surface area (Å²) in [7, 11) is -1.74. The Kier molecular flexibility index (Phi) is 4.60. The maximum Gasteiger partial charge on any atom is 0.243 e. The second kappa shape index (κ2) is 5.87. The van der Waals surface area contributed by atoms with E-state index < -0.39 is 15.8 Å². The van der Waals surface area contributed by atoms with E-state index in [1.807, 2.05) is 7.05 Å². The molecule has 1 aliphatic heterocycles. The van der Waals surface area contributed by atoms with Crippen molar-refractivity contribution >= 4 is 26.0 Å². The molecule has 1 aromatic carbocycles. The smallest absolute Gasteiger partial charge is 0.243 e. The maximum absolute atomic E-state index is 13.5. The number of sulfonamides is 1. The number of nitrogens with zero attached hydrogens (tertiary/aromatic N) is 1. The maximum atomic E-state index is 13.5. The Morgan fingerprint density at radius 2 is 2.26 bits per heavy atom. The van der Waals surface area contributed by atoms with Gasteiger partial charge in [0.05, 0.1) is 9.37 Å². The van der Waals surface area contributed by atoms with Crippen LogP contribution in [0.3, 0.4) is 0 Å². The third-order valence-electron chi connectivity index (χ3n) is 3.27. The molecule has 106 valence electrons. The highest BCUT2D eigenvalue weighted by atomic mass is 79.9. The number of hydrogen-bond donors (Lipinski definition) is 1. The van der Waals surface area contributed by atoms with Crippen molar-refractivity contribution in [2.24, 2.45) is 5.92 Å². The zero-order valence-electron chi connectivity index (χ0n) is 10.6. The topological polar surface area (TPSA) is 49.4 Å². The molecule has 1 fully saturated rings. The molecular formula is C12H16BrFN2O2S. The van der Waals surface area contributed by atoms with Gasteiger partial charge in [-0.3, -0.25) is 0 Å². The van der Waals surface area contributed by atoms with Crippen molar-refractivity contribution in [2.45, 2.75) is 11.3 Å². The van der Waals surface area contributed by atoms with Crippen LogP contribution in [-0.2, 0) is 10.0 Å². The van der Waals surface area contributed by atoms with E-state index in [-0.39, 0.29) is 9.37 Å². The van der Waals surface area contributed by atoms with Crippen molar-refractivity contribution in [2.75, 3.05) is 26.7 Å². The van der Waals surface area contributed by atoms with Crippen LogP contribution in [0.5, 0.6) is 0 Å². The molecule has 0 saturated carbocycles. The predicted octanol–water partition coefficient (Wildman–Crippen LogP) is 1.82. The summed E-state index contributed by atoms with van der Waals surface area (Å²) in [6.07, 6.45) is 0.832. The summed E-state index contributed by atoms with van der Waals surface area (Å²) in [5.41, 5.74) is 0. The van der Waals surface area contributed by atoms with Crippen LogP contribution in [0.1, 0.15) is 6.42 Å². The Labute approximate surface area is 121 Å². The summed E-state index contributed by atoms with van der Waals surface area (Å²) in [4.78, 5) is 0.0123. The lowest BCUT2D eigenvalue weighted by molar-refractivity contribution is 0.450. The van der Waals surface area contributed by atoms with Gasteiger partial charge in [0.1, 0.15) is 5.82 Å². The fourth-order valence-corrected chi connectivity index (χ4v) is 4.05. The zero-order valence-corrected chi connectivity index (χ0v) is 13.0. The number of benzene rings is 1. The van der Waals surface area contributed by atoms with Crippen LogP contribution < -0.4 is 5.32 Å². The molecule has 7 heteroatoms. The molecule has 19 heavy (non-hydrogen) atoms. The first kappa shape index (κ1) is 14.9. The van der Waals surface area contributed by atoms with E-state index in [0.717, 1.165) is 19.0 Å². The Morgan fingerprint density at radius 1 is 1.53 bits per heavy atom.